The van der Waals surface area contributed by atoms with Crippen LogP contribution in [-0.2, 0) is 0 Å². The molecule has 0 aliphatic heterocycles. The maximum absolute atomic E-state index is 12.5. The number of imidazole rings is 1. The van der Waals surface area contributed by atoms with Crippen LogP contribution in [0.3, 0.4) is 0 Å². The lowest BCUT2D eigenvalue weighted by Gasteiger charge is -2.07. The third-order valence-electron chi connectivity index (χ3n) is 3.78. The molecule has 2 aromatic carbocycles. The zero-order valence-electron chi connectivity index (χ0n) is 14.5. The number of nitrogens with zero attached hydrogens (tertiary/aromatic N) is 3. The number of amides is 2. The lowest BCUT2D eigenvalue weighted by Crippen LogP contribution is -2.21. The number of carbonyl (C=O) groups excluding carboxylic acids is 2. The van der Waals surface area contributed by atoms with E-state index in [4.69, 9.17) is 0 Å². The quantitative estimate of drug-likeness (QED) is 0.424. The Morgan fingerprint density at radius 2 is 1.31 bits per heavy atom. The van der Waals surface area contributed by atoms with Gasteiger partial charge in [0.15, 0.2) is 5.69 Å². The molecule has 0 fully saturated rings. The third kappa shape index (κ3) is 4.05. The van der Waals surface area contributed by atoms with Gasteiger partial charge in [-0.25, -0.2) is 4.98 Å². The molecule has 3 aromatic rings. The van der Waals surface area contributed by atoms with Gasteiger partial charge in [-0.05, 0) is 12.1 Å². The van der Waals surface area contributed by atoms with Crippen molar-refractivity contribution in [1.29, 1.82) is 0 Å². The highest BCUT2D eigenvalue weighted by Gasteiger charge is 2.24. The molecule has 3 N–H and O–H groups in total. The highest BCUT2D eigenvalue weighted by molar-refractivity contribution is 6.14. The number of hydrogen-bond acceptors (Lipinski definition) is 7. The molecule has 2 amide bonds. The van der Waals surface area contributed by atoms with E-state index in [-0.39, 0.29) is 34.1 Å². The van der Waals surface area contributed by atoms with Gasteiger partial charge in [-0.15, -0.1) is 0 Å². The second kappa shape index (κ2) is 7.96. The van der Waals surface area contributed by atoms with Crippen molar-refractivity contribution in [1.82, 2.24) is 9.97 Å². The van der Waals surface area contributed by atoms with E-state index in [0.29, 0.717) is 0 Å². The molecule has 0 aliphatic carbocycles. The fraction of sp³-hybridized carbons (Fsp3) is 0. The van der Waals surface area contributed by atoms with E-state index in [1.165, 1.54) is 48.5 Å². The van der Waals surface area contributed by atoms with Crippen molar-refractivity contribution in [2.75, 3.05) is 10.6 Å². The zero-order chi connectivity index (χ0) is 21.0. The predicted octanol–water partition coefficient (Wildman–Crippen LogP) is 2.73. The number of nitro benzene ring substituents is 2. The van der Waals surface area contributed by atoms with Crippen LogP contribution >= 0.6 is 0 Å². The number of aromatic amines is 1. The van der Waals surface area contributed by atoms with Gasteiger partial charge >= 0.3 is 0 Å². The largest absolute Gasteiger partial charge is 0.340 e. The lowest BCUT2D eigenvalue weighted by atomic mass is 10.2. The number of hydrogen-bond donors (Lipinski definition) is 3. The van der Waals surface area contributed by atoms with Gasteiger partial charge in [0.2, 0.25) is 0 Å². The summed E-state index contributed by atoms with van der Waals surface area (Å²) in [7, 11) is 0. The summed E-state index contributed by atoms with van der Waals surface area (Å²) in [6.45, 7) is 0. The van der Waals surface area contributed by atoms with Gasteiger partial charge in [0.25, 0.3) is 23.2 Å². The smallest absolute Gasteiger partial charge is 0.292 e. The highest BCUT2D eigenvalue weighted by Crippen LogP contribution is 2.25. The van der Waals surface area contributed by atoms with E-state index in [1.807, 2.05) is 0 Å². The topological polar surface area (TPSA) is 173 Å². The monoisotopic (exact) mass is 396 g/mol. The molecule has 0 saturated carbocycles. The van der Waals surface area contributed by atoms with E-state index >= 15 is 0 Å². The number of aromatic nitrogens is 2. The van der Waals surface area contributed by atoms with Crippen LogP contribution in [0.1, 0.15) is 21.0 Å². The minimum absolute atomic E-state index is 0.0674. The fourth-order valence-corrected chi connectivity index (χ4v) is 2.48. The molecule has 0 saturated heterocycles. The number of nitrogens with one attached hydrogen (secondary N) is 3. The summed E-state index contributed by atoms with van der Waals surface area (Å²) in [6.07, 6.45) is 1.09. The summed E-state index contributed by atoms with van der Waals surface area (Å²) < 4.78 is 0. The van der Waals surface area contributed by atoms with Crippen molar-refractivity contribution in [3.63, 3.8) is 0 Å². The van der Waals surface area contributed by atoms with Crippen molar-refractivity contribution in [3.05, 3.63) is 86.5 Å². The molecule has 146 valence electrons. The van der Waals surface area contributed by atoms with Gasteiger partial charge in [-0.2, -0.15) is 0 Å². The summed E-state index contributed by atoms with van der Waals surface area (Å²) in [5.74, 6) is -1.71. The van der Waals surface area contributed by atoms with Crippen molar-refractivity contribution >= 4 is 34.6 Å². The molecule has 0 radical (unpaired) electrons. The van der Waals surface area contributed by atoms with Crippen LogP contribution in [0.4, 0.5) is 22.7 Å². The van der Waals surface area contributed by atoms with Gasteiger partial charge in [-0.3, -0.25) is 29.8 Å². The van der Waals surface area contributed by atoms with Crippen LogP contribution in [0, 0.1) is 20.2 Å². The average Bonchev–Trinajstić information content (AvgIpc) is 3.18. The number of para-hydroxylation sites is 4. The summed E-state index contributed by atoms with van der Waals surface area (Å²) in [4.78, 5) is 52.1. The number of H-pyrrole nitrogens is 1. The Morgan fingerprint density at radius 3 is 1.83 bits per heavy atom. The molecule has 12 nitrogen and oxygen atoms in total. The maximum atomic E-state index is 12.5. The molecule has 1 aromatic heterocycles. The maximum Gasteiger partial charge on any atom is 0.292 e. The molecular formula is C17H12N6O6. The summed E-state index contributed by atoms with van der Waals surface area (Å²) in [5.41, 5.74) is -1.40. The van der Waals surface area contributed by atoms with Gasteiger partial charge < -0.3 is 15.6 Å². The van der Waals surface area contributed by atoms with E-state index < -0.39 is 21.7 Å². The van der Waals surface area contributed by atoms with Gasteiger partial charge in [0.05, 0.1) is 16.2 Å². The standard InChI is InChI=1S/C17H12N6O6/c24-16(20-10-5-1-3-7-12(10)22(26)27)14-15(19-9-18-14)17(25)21-11-6-2-4-8-13(11)23(28)29/h1-9H,(H,18,19)(H,20,24)(H,21,25). The van der Waals surface area contributed by atoms with Crippen molar-refractivity contribution in [3.8, 4) is 0 Å². The molecule has 0 spiro atoms. The second-order valence-electron chi connectivity index (χ2n) is 5.58. The van der Waals surface area contributed by atoms with Crippen molar-refractivity contribution in [2.24, 2.45) is 0 Å². The Balaban J connectivity index is 1.84. The molecule has 1 heterocycles. The Hall–Kier alpha value is -4.61. The second-order valence-corrected chi connectivity index (χ2v) is 5.58. The van der Waals surface area contributed by atoms with E-state index in [9.17, 15) is 29.8 Å². The van der Waals surface area contributed by atoms with Gasteiger partial charge in [0, 0.05) is 12.1 Å². The van der Waals surface area contributed by atoms with Crippen molar-refractivity contribution in [2.45, 2.75) is 0 Å². The molecule has 29 heavy (non-hydrogen) atoms. The Kier molecular flexibility index (Phi) is 5.26. The molecular weight excluding hydrogens is 384 g/mol. The molecule has 0 aliphatic rings. The minimum atomic E-state index is -0.867. The van der Waals surface area contributed by atoms with Crippen LogP contribution in [-0.4, -0.2) is 31.6 Å². The number of carbonyl (C=O) groups is 2. The average molecular weight is 396 g/mol. The van der Waals surface area contributed by atoms with Crippen LogP contribution in [0.15, 0.2) is 54.9 Å². The predicted molar refractivity (Wildman–Crippen MR) is 101 cm³/mol. The summed E-state index contributed by atoms with van der Waals surface area (Å²) in [6, 6.07) is 11.0. The molecule has 12 heteroatoms. The normalized spacial score (nSPS) is 10.2. The summed E-state index contributed by atoms with van der Waals surface area (Å²) >= 11 is 0. The molecule has 0 bridgehead atoms. The van der Waals surface area contributed by atoms with E-state index in [1.54, 1.807) is 0 Å². The SMILES string of the molecule is O=C(Nc1ccccc1[N+](=O)[O-])c1nc[nH]c1C(=O)Nc1ccccc1[N+](=O)[O-]. The minimum Gasteiger partial charge on any atom is -0.340 e. The van der Waals surface area contributed by atoms with Crippen LogP contribution < -0.4 is 10.6 Å². The van der Waals surface area contributed by atoms with Gasteiger partial charge in [0.1, 0.15) is 17.1 Å². The molecule has 0 atom stereocenters. The summed E-state index contributed by atoms with van der Waals surface area (Å²) in [5, 5.41) is 26.8. The van der Waals surface area contributed by atoms with Crippen molar-refractivity contribution < 1.29 is 19.4 Å². The Bertz CT molecular complexity index is 1040. The first kappa shape index (κ1) is 19.2. The Labute approximate surface area is 161 Å². The van der Waals surface area contributed by atoms with Crippen LogP contribution in [0.5, 0.6) is 0 Å². The first-order chi connectivity index (χ1) is 13.9. The van der Waals surface area contributed by atoms with Gasteiger partial charge in [-0.1, -0.05) is 24.3 Å². The first-order valence-corrected chi connectivity index (χ1v) is 8.01. The zero-order valence-corrected chi connectivity index (χ0v) is 14.5. The Morgan fingerprint density at radius 1 is 0.828 bits per heavy atom. The number of benzene rings is 2. The van der Waals surface area contributed by atoms with E-state index in [2.05, 4.69) is 20.6 Å². The number of nitro groups is 2. The first-order valence-electron chi connectivity index (χ1n) is 8.01. The lowest BCUT2D eigenvalue weighted by molar-refractivity contribution is -0.384. The number of anilines is 2. The highest BCUT2D eigenvalue weighted by atomic mass is 16.6. The number of rotatable bonds is 6. The van der Waals surface area contributed by atoms with Crippen LogP contribution in [0.25, 0.3) is 0 Å². The molecule has 0 unspecified atom stereocenters. The van der Waals surface area contributed by atoms with E-state index in [0.717, 1.165) is 6.33 Å². The molecule has 3 rings (SSSR count). The fourth-order valence-electron chi connectivity index (χ4n) is 2.48. The third-order valence-corrected chi connectivity index (χ3v) is 3.78. The van der Waals surface area contributed by atoms with Crippen LogP contribution in [0.2, 0.25) is 0 Å².